The average molecular weight is 241 g/mol. The van der Waals surface area contributed by atoms with Gasteiger partial charge >= 0.3 is 0 Å². The molecule has 3 nitrogen and oxygen atoms in total. The van der Waals surface area contributed by atoms with E-state index >= 15 is 0 Å². The molecule has 0 amide bonds. The Morgan fingerprint density at radius 2 is 1.56 bits per heavy atom. The van der Waals surface area contributed by atoms with Crippen molar-refractivity contribution in [1.29, 1.82) is 0 Å². The van der Waals surface area contributed by atoms with E-state index in [1.165, 1.54) is 16.7 Å². The van der Waals surface area contributed by atoms with Crippen molar-refractivity contribution in [3.8, 4) is 11.4 Å². The molecule has 2 N–H and O–H groups in total. The van der Waals surface area contributed by atoms with Crippen molar-refractivity contribution in [2.75, 3.05) is 6.54 Å². The molecule has 2 rings (SSSR count). The molecule has 0 bridgehead atoms. The highest BCUT2D eigenvalue weighted by molar-refractivity contribution is 5.65. The summed E-state index contributed by atoms with van der Waals surface area (Å²) in [7, 11) is 0. The van der Waals surface area contributed by atoms with Crippen molar-refractivity contribution < 1.29 is 0 Å². The molecular formula is C15H19N3. The second kappa shape index (κ2) is 5.27. The van der Waals surface area contributed by atoms with E-state index in [1.807, 2.05) is 12.4 Å². The van der Waals surface area contributed by atoms with Crippen LogP contribution in [-0.2, 0) is 6.42 Å². The zero-order valence-electron chi connectivity index (χ0n) is 11.2. The quantitative estimate of drug-likeness (QED) is 0.898. The number of rotatable bonds is 3. The maximum Gasteiger partial charge on any atom is 0.159 e. The molecule has 0 aliphatic carbocycles. The minimum atomic E-state index is 0.630. The van der Waals surface area contributed by atoms with E-state index in [9.17, 15) is 0 Å². The monoisotopic (exact) mass is 241 g/mol. The van der Waals surface area contributed by atoms with Crippen molar-refractivity contribution >= 4 is 0 Å². The highest BCUT2D eigenvalue weighted by Gasteiger charge is 2.09. The SMILES string of the molecule is Cc1cc(C)c(-c2ncc(CCN)cn2)c(C)c1. The van der Waals surface area contributed by atoms with Gasteiger partial charge in [0.1, 0.15) is 0 Å². The van der Waals surface area contributed by atoms with Crippen LogP contribution in [0.4, 0.5) is 0 Å². The Kier molecular flexibility index (Phi) is 3.72. The molecule has 0 atom stereocenters. The van der Waals surface area contributed by atoms with Crippen LogP contribution in [0.15, 0.2) is 24.5 Å². The standard InChI is InChI=1S/C15H19N3/c1-10-6-11(2)14(12(3)7-10)15-17-8-13(4-5-16)9-18-15/h6-9H,4-5,16H2,1-3H3. The normalized spacial score (nSPS) is 10.7. The molecule has 0 radical (unpaired) electrons. The van der Waals surface area contributed by atoms with E-state index in [-0.39, 0.29) is 0 Å². The predicted octanol–water partition coefficient (Wildman–Crippen LogP) is 2.57. The van der Waals surface area contributed by atoms with Gasteiger partial charge < -0.3 is 5.73 Å². The molecule has 0 aliphatic heterocycles. The average Bonchev–Trinajstić information content (AvgIpc) is 2.30. The number of benzene rings is 1. The van der Waals surface area contributed by atoms with Gasteiger partial charge in [0.2, 0.25) is 0 Å². The number of hydrogen-bond donors (Lipinski definition) is 1. The molecule has 0 saturated carbocycles. The van der Waals surface area contributed by atoms with Gasteiger partial charge in [-0.15, -0.1) is 0 Å². The van der Waals surface area contributed by atoms with Crippen molar-refractivity contribution in [3.63, 3.8) is 0 Å². The second-order valence-electron chi connectivity index (χ2n) is 4.73. The molecule has 0 unspecified atom stereocenters. The Morgan fingerprint density at radius 3 is 2.06 bits per heavy atom. The molecule has 0 saturated heterocycles. The van der Waals surface area contributed by atoms with E-state index in [0.29, 0.717) is 6.54 Å². The van der Waals surface area contributed by atoms with Crippen LogP contribution in [0.1, 0.15) is 22.3 Å². The number of aryl methyl sites for hydroxylation is 3. The largest absolute Gasteiger partial charge is 0.330 e. The zero-order chi connectivity index (χ0) is 13.1. The Bertz CT molecular complexity index is 521. The van der Waals surface area contributed by atoms with Crippen LogP contribution in [-0.4, -0.2) is 16.5 Å². The zero-order valence-corrected chi connectivity index (χ0v) is 11.2. The Labute approximate surface area is 108 Å². The lowest BCUT2D eigenvalue weighted by Gasteiger charge is -2.10. The van der Waals surface area contributed by atoms with Crippen LogP contribution < -0.4 is 5.73 Å². The third-order valence-corrected chi connectivity index (χ3v) is 3.04. The Hall–Kier alpha value is -1.74. The number of nitrogens with two attached hydrogens (primary N) is 1. The lowest BCUT2D eigenvalue weighted by Crippen LogP contribution is -2.04. The fourth-order valence-corrected chi connectivity index (χ4v) is 2.31. The van der Waals surface area contributed by atoms with Crippen LogP contribution in [0.3, 0.4) is 0 Å². The minimum absolute atomic E-state index is 0.630. The van der Waals surface area contributed by atoms with E-state index in [1.54, 1.807) is 0 Å². The van der Waals surface area contributed by atoms with Crippen molar-refractivity contribution in [1.82, 2.24) is 9.97 Å². The summed E-state index contributed by atoms with van der Waals surface area (Å²) < 4.78 is 0. The summed E-state index contributed by atoms with van der Waals surface area (Å²) in [5.41, 5.74) is 11.5. The molecule has 0 spiro atoms. The predicted molar refractivity (Wildman–Crippen MR) is 74.4 cm³/mol. The molecular weight excluding hydrogens is 222 g/mol. The van der Waals surface area contributed by atoms with Gasteiger partial charge in [0.15, 0.2) is 5.82 Å². The van der Waals surface area contributed by atoms with Gasteiger partial charge in [-0.3, -0.25) is 0 Å². The van der Waals surface area contributed by atoms with Crippen LogP contribution in [0.25, 0.3) is 11.4 Å². The van der Waals surface area contributed by atoms with Crippen molar-refractivity contribution in [2.24, 2.45) is 5.73 Å². The highest BCUT2D eigenvalue weighted by atomic mass is 14.9. The fourth-order valence-electron chi connectivity index (χ4n) is 2.31. The van der Waals surface area contributed by atoms with Gasteiger partial charge in [-0.05, 0) is 50.4 Å². The van der Waals surface area contributed by atoms with Crippen molar-refractivity contribution in [3.05, 3.63) is 46.8 Å². The first-order valence-corrected chi connectivity index (χ1v) is 6.21. The molecule has 1 heterocycles. The number of hydrogen-bond acceptors (Lipinski definition) is 3. The lowest BCUT2D eigenvalue weighted by atomic mass is 9.99. The van der Waals surface area contributed by atoms with Crippen LogP contribution in [0.2, 0.25) is 0 Å². The van der Waals surface area contributed by atoms with Gasteiger partial charge in [-0.2, -0.15) is 0 Å². The smallest absolute Gasteiger partial charge is 0.159 e. The second-order valence-corrected chi connectivity index (χ2v) is 4.73. The maximum atomic E-state index is 5.52. The van der Waals surface area contributed by atoms with Gasteiger partial charge in [0.05, 0.1) is 0 Å². The van der Waals surface area contributed by atoms with E-state index in [4.69, 9.17) is 5.73 Å². The third kappa shape index (κ3) is 2.57. The molecule has 0 fully saturated rings. The van der Waals surface area contributed by atoms with Crippen LogP contribution >= 0.6 is 0 Å². The molecule has 18 heavy (non-hydrogen) atoms. The first-order chi connectivity index (χ1) is 8.61. The fraction of sp³-hybridized carbons (Fsp3) is 0.333. The Morgan fingerprint density at radius 1 is 1.00 bits per heavy atom. The lowest BCUT2D eigenvalue weighted by molar-refractivity contribution is 0.942. The summed E-state index contributed by atoms with van der Waals surface area (Å²) in [4.78, 5) is 8.90. The Balaban J connectivity index is 2.42. The number of aromatic nitrogens is 2. The highest BCUT2D eigenvalue weighted by Crippen LogP contribution is 2.25. The maximum absolute atomic E-state index is 5.52. The van der Waals surface area contributed by atoms with Gasteiger partial charge in [-0.1, -0.05) is 17.7 Å². The van der Waals surface area contributed by atoms with Crippen molar-refractivity contribution in [2.45, 2.75) is 27.2 Å². The van der Waals surface area contributed by atoms with Crippen LogP contribution in [0.5, 0.6) is 0 Å². The molecule has 1 aromatic heterocycles. The summed E-state index contributed by atoms with van der Waals surface area (Å²) in [6, 6.07) is 4.33. The van der Waals surface area contributed by atoms with Crippen LogP contribution in [0, 0.1) is 20.8 Å². The summed E-state index contributed by atoms with van der Waals surface area (Å²) >= 11 is 0. The summed E-state index contributed by atoms with van der Waals surface area (Å²) in [5, 5.41) is 0. The van der Waals surface area contributed by atoms with Gasteiger partial charge in [-0.25, -0.2) is 9.97 Å². The summed E-state index contributed by atoms with van der Waals surface area (Å²) in [5.74, 6) is 0.797. The van der Waals surface area contributed by atoms with Gasteiger partial charge in [0, 0.05) is 18.0 Å². The third-order valence-electron chi connectivity index (χ3n) is 3.04. The minimum Gasteiger partial charge on any atom is -0.330 e. The molecule has 1 aromatic carbocycles. The van der Waals surface area contributed by atoms with Gasteiger partial charge in [0.25, 0.3) is 0 Å². The van der Waals surface area contributed by atoms with E-state index in [0.717, 1.165) is 23.4 Å². The molecule has 0 aliphatic rings. The first kappa shape index (κ1) is 12.7. The molecule has 3 heteroatoms. The summed E-state index contributed by atoms with van der Waals surface area (Å²) in [6.45, 7) is 6.94. The molecule has 94 valence electrons. The van der Waals surface area contributed by atoms with E-state index < -0.39 is 0 Å². The topological polar surface area (TPSA) is 51.8 Å². The number of nitrogens with zero attached hydrogens (tertiary/aromatic N) is 2. The van der Waals surface area contributed by atoms with E-state index in [2.05, 4.69) is 42.9 Å². The molecule has 2 aromatic rings. The summed E-state index contributed by atoms with van der Waals surface area (Å²) in [6.07, 6.45) is 4.56. The first-order valence-electron chi connectivity index (χ1n) is 6.21.